The maximum atomic E-state index is 13.3. The molecule has 2 nitrogen and oxygen atoms in total. The molecule has 0 aromatic heterocycles. The zero-order chi connectivity index (χ0) is 14.5. The van der Waals surface area contributed by atoms with E-state index in [4.69, 9.17) is 4.74 Å². The number of rotatable bonds is 6. The molecule has 0 spiro atoms. The van der Waals surface area contributed by atoms with E-state index in [-0.39, 0.29) is 11.9 Å². The smallest absolute Gasteiger partial charge is 0.137 e. The lowest BCUT2D eigenvalue weighted by atomic mass is 9.93. The highest BCUT2D eigenvalue weighted by Crippen LogP contribution is 2.26. The number of benzene rings is 1. The molecular formula is C16H23BrFNO. The minimum atomic E-state index is -0.211. The number of halogens is 2. The summed E-state index contributed by atoms with van der Waals surface area (Å²) < 4.78 is 19.7. The van der Waals surface area contributed by atoms with Crippen molar-refractivity contribution >= 4 is 15.9 Å². The lowest BCUT2D eigenvalue weighted by Gasteiger charge is -2.27. The van der Waals surface area contributed by atoms with E-state index in [0.717, 1.165) is 38.0 Å². The topological polar surface area (TPSA) is 21.3 Å². The summed E-state index contributed by atoms with van der Waals surface area (Å²) in [5.41, 5.74) is 1.13. The largest absolute Gasteiger partial charge is 0.376 e. The van der Waals surface area contributed by atoms with E-state index < -0.39 is 0 Å². The third kappa shape index (κ3) is 4.03. The number of ether oxygens (including phenoxy) is 1. The molecule has 0 bridgehead atoms. The fraction of sp³-hybridized carbons (Fsp3) is 0.625. The van der Waals surface area contributed by atoms with Crippen LogP contribution in [0.15, 0.2) is 22.7 Å². The van der Waals surface area contributed by atoms with E-state index in [9.17, 15) is 4.39 Å². The molecule has 1 N–H and O–H groups in total. The molecule has 3 atom stereocenters. The lowest BCUT2D eigenvalue weighted by Crippen LogP contribution is -2.44. The molecule has 1 fully saturated rings. The van der Waals surface area contributed by atoms with Gasteiger partial charge in [0.15, 0.2) is 0 Å². The molecule has 112 valence electrons. The summed E-state index contributed by atoms with van der Waals surface area (Å²) >= 11 is 3.26. The molecule has 1 heterocycles. The van der Waals surface area contributed by atoms with Crippen LogP contribution in [0.1, 0.15) is 32.3 Å². The molecular weight excluding hydrogens is 321 g/mol. The van der Waals surface area contributed by atoms with Crippen LogP contribution >= 0.6 is 15.9 Å². The highest BCUT2D eigenvalue weighted by molar-refractivity contribution is 9.10. The van der Waals surface area contributed by atoms with Gasteiger partial charge in [0, 0.05) is 12.6 Å². The van der Waals surface area contributed by atoms with Gasteiger partial charge in [-0.3, -0.25) is 0 Å². The van der Waals surface area contributed by atoms with Crippen molar-refractivity contribution in [1.82, 2.24) is 5.32 Å². The van der Waals surface area contributed by atoms with E-state index in [0.29, 0.717) is 16.4 Å². The molecule has 1 aromatic carbocycles. The molecule has 2 rings (SSSR count). The summed E-state index contributed by atoms with van der Waals surface area (Å²) in [4.78, 5) is 0. The summed E-state index contributed by atoms with van der Waals surface area (Å²) in [5, 5.41) is 3.59. The minimum absolute atomic E-state index is 0.211. The van der Waals surface area contributed by atoms with Crippen LogP contribution in [0.5, 0.6) is 0 Å². The van der Waals surface area contributed by atoms with Gasteiger partial charge in [-0.2, -0.15) is 0 Å². The minimum Gasteiger partial charge on any atom is -0.376 e. The summed E-state index contributed by atoms with van der Waals surface area (Å²) in [6.45, 7) is 6.25. The maximum absolute atomic E-state index is 13.3. The van der Waals surface area contributed by atoms with Crippen LogP contribution in [0.25, 0.3) is 0 Å². The highest BCUT2D eigenvalue weighted by atomic mass is 79.9. The molecule has 0 radical (unpaired) electrons. The second-order valence-corrected chi connectivity index (χ2v) is 6.47. The first kappa shape index (κ1) is 15.9. The Morgan fingerprint density at radius 2 is 2.30 bits per heavy atom. The Morgan fingerprint density at radius 3 is 2.90 bits per heavy atom. The Morgan fingerprint density at radius 1 is 1.50 bits per heavy atom. The van der Waals surface area contributed by atoms with Crippen molar-refractivity contribution in [2.45, 2.75) is 45.3 Å². The zero-order valence-corrected chi connectivity index (χ0v) is 13.7. The van der Waals surface area contributed by atoms with Crippen LogP contribution in [-0.2, 0) is 11.2 Å². The summed E-state index contributed by atoms with van der Waals surface area (Å²) in [7, 11) is 0. The number of hydrogen-bond acceptors (Lipinski definition) is 2. The first-order valence-corrected chi connectivity index (χ1v) is 8.20. The first-order valence-electron chi connectivity index (χ1n) is 7.40. The van der Waals surface area contributed by atoms with Gasteiger partial charge in [0.1, 0.15) is 5.82 Å². The molecule has 1 aromatic rings. The van der Waals surface area contributed by atoms with Gasteiger partial charge < -0.3 is 10.1 Å². The Bertz CT molecular complexity index is 440. The first-order chi connectivity index (χ1) is 9.61. The zero-order valence-electron chi connectivity index (χ0n) is 12.2. The maximum Gasteiger partial charge on any atom is 0.137 e. The van der Waals surface area contributed by atoms with E-state index in [1.54, 1.807) is 0 Å². The van der Waals surface area contributed by atoms with Crippen molar-refractivity contribution in [3.05, 3.63) is 34.1 Å². The molecule has 0 amide bonds. The van der Waals surface area contributed by atoms with E-state index in [2.05, 4.69) is 35.1 Å². The Kier molecular flexibility index (Phi) is 6.00. The second kappa shape index (κ2) is 7.53. The molecule has 1 saturated heterocycles. The average Bonchev–Trinajstić information content (AvgIpc) is 2.85. The quantitative estimate of drug-likeness (QED) is 0.845. The molecule has 0 saturated carbocycles. The van der Waals surface area contributed by atoms with Crippen molar-refractivity contribution in [2.75, 3.05) is 13.2 Å². The van der Waals surface area contributed by atoms with Gasteiger partial charge in [0.25, 0.3) is 0 Å². The molecule has 20 heavy (non-hydrogen) atoms. The molecule has 4 heteroatoms. The summed E-state index contributed by atoms with van der Waals surface area (Å²) in [6.07, 6.45) is 3.35. The van der Waals surface area contributed by atoms with Gasteiger partial charge >= 0.3 is 0 Å². The van der Waals surface area contributed by atoms with E-state index >= 15 is 0 Å². The van der Waals surface area contributed by atoms with Gasteiger partial charge in [-0.15, -0.1) is 0 Å². The second-order valence-electron chi connectivity index (χ2n) is 5.61. The van der Waals surface area contributed by atoms with Crippen molar-refractivity contribution in [2.24, 2.45) is 5.92 Å². The van der Waals surface area contributed by atoms with Crippen molar-refractivity contribution in [3.63, 3.8) is 0 Å². The third-order valence-electron chi connectivity index (χ3n) is 3.94. The lowest BCUT2D eigenvalue weighted by molar-refractivity contribution is 0.0610. The van der Waals surface area contributed by atoms with Crippen LogP contribution < -0.4 is 5.32 Å². The SMILES string of the molecule is CCCNC(Cc1ccc(F)c(Br)c1)C1OCCC1C. The Hall–Kier alpha value is -0.450. The predicted molar refractivity (Wildman–Crippen MR) is 83.4 cm³/mol. The van der Waals surface area contributed by atoms with Crippen LogP contribution in [0.3, 0.4) is 0 Å². The van der Waals surface area contributed by atoms with Gasteiger partial charge in [-0.05, 0) is 65.4 Å². The predicted octanol–water partition coefficient (Wildman–Crippen LogP) is 3.92. The van der Waals surface area contributed by atoms with E-state index in [1.165, 1.54) is 6.07 Å². The van der Waals surface area contributed by atoms with Gasteiger partial charge in [0.2, 0.25) is 0 Å². The number of nitrogens with one attached hydrogen (secondary N) is 1. The average molecular weight is 344 g/mol. The van der Waals surface area contributed by atoms with Crippen LogP contribution in [0, 0.1) is 11.7 Å². The third-order valence-corrected chi connectivity index (χ3v) is 4.54. The van der Waals surface area contributed by atoms with Crippen LogP contribution in [-0.4, -0.2) is 25.3 Å². The van der Waals surface area contributed by atoms with E-state index in [1.807, 2.05) is 12.1 Å². The van der Waals surface area contributed by atoms with Crippen molar-refractivity contribution < 1.29 is 9.13 Å². The fourth-order valence-electron chi connectivity index (χ4n) is 2.79. The van der Waals surface area contributed by atoms with Gasteiger partial charge in [-0.25, -0.2) is 4.39 Å². The normalized spacial score (nSPS) is 24.0. The van der Waals surface area contributed by atoms with Gasteiger partial charge in [-0.1, -0.05) is 19.9 Å². The van der Waals surface area contributed by atoms with Crippen molar-refractivity contribution in [3.8, 4) is 0 Å². The molecule has 1 aliphatic rings. The molecule has 1 aliphatic heterocycles. The van der Waals surface area contributed by atoms with Crippen molar-refractivity contribution in [1.29, 1.82) is 0 Å². The molecule has 0 aliphatic carbocycles. The number of hydrogen-bond donors (Lipinski definition) is 1. The van der Waals surface area contributed by atoms with Gasteiger partial charge in [0.05, 0.1) is 10.6 Å². The molecule has 3 unspecified atom stereocenters. The highest BCUT2D eigenvalue weighted by Gasteiger charge is 2.31. The van der Waals surface area contributed by atoms with Crippen LogP contribution in [0.2, 0.25) is 0 Å². The fourth-order valence-corrected chi connectivity index (χ4v) is 3.21. The van der Waals surface area contributed by atoms with Crippen LogP contribution in [0.4, 0.5) is 4.39 Å². The summed E-state index contributed by atoms with van der Waals surface area (Å²) in [5.74, 6) is 0.366. The Labute approximate surface area is 129 Å². The Balaban J connectivity index is 2.08. The monoisotopic (exact) mass is 343 g/mol. The summed E-state index contributed by atoms with van der Waals surface area (Å²) in [6, 6.07) is 5.55. The standard InChI is InChI=1S/C16H23BrFNO/c1-3-7-19-15(16-11(2)6-8-20-16)10-12-4-5-14(18)13(17)9-12/h4-5,9,11,15-16,19H,3,6-8,10H2,1-2H3.